The Balaban J connectivity index is 1.60. The molecule has 5 rings (SSSR count). The fraction of sp³-hybridized carbons (Fsp3) is 0.333. The molecule has 2 heterocycles. The maximum Gasteiger partial charge on any atom is 0.233 e. The molecule has 0 spiro atoms. The van der Waals surface area contributed by atoms with Crippen LogP contribution in [0.15, 0.2) is 48.7 Å². The minimum absolute atomic E-state index is 0.124. The number of hydrogen-bond donors (Lipinski definition) is 2. The molecule has 0 saturated heterocycles. The third kappa shape index (κ3) is 4.98. The van der Waals surface area contributed by atoms with Crippen LogP contribution in [0, 0.1) is 28.5 Å². The van der Waals surface area contributed by atoms with Crippen molar-refractivity contribution in [2.24, 2.45) is 5.41 Å². The van der Waals surface area contributed by atoms with E-state index < -0.39 is 17.8 Å². The van der Waals surface area contributed by atoms with E-state index in [4.69, 9.17) is 0 Å². The highest BCUT2D eigenvalue weighted by molar-refractivity contribution is 5.96. The van der Waals surface area contributed by atoms with Gasteiger partial charge in [0.2, 0.25) is 5.95 Å². The van der Waals surface area contributed by atoms with E-state index in [1.165, 1.54) is 24.3 Å². The van der Waals surface area contributed by atoms with Crippen LogP contribution in [-0.4, -0.2) is 26.5 Å². The third-order valence-electron chi connectivity index (χ3n) is 5.94. The van der Waals surface area contributed by atoms with Gasteiger partial charge in [-0.2, -0.15) is 9.65 Å². The van der Waals surface area contributed by atoms with Crippen molar-refractivity contribution >= 4 is 22.3 Å². The van der Waals surface area contributed by atoms with E-state index in [0.29, 0.717) is 40.1 Å². The first-order chi connectivity index (χ1) is 17.6. The van der Waals surface area contributed by atoms with Crippen LogP contribution in [0.1, 0.15) is 63.9 Å². The van der Waals surface area contributed by atoms with Crippen molar-refractivity contribution in [1.82, 2.24) is 20.0 Å². The van der Waals surface area contributed by atoms with Crippen molar-refractivity contribution in [3.63, 3.8) is 0 Å². The van der Waals surface area contributed by atoms with Gasteiger partial charge in [0, 0.05) is 17.6 Å². The molecule has 1 fully saturated rings. The molecule has 0 radical (unpaired) electrons. The lowest BCUT2D eigenvalue weighted by molar-refractivity contribution is 0.443. The van der Waals surface area contributed by atoms with E-state index >= 15 is 0 Å². The van der Waals surface area contributed by atoms with Gasteiger partial charge in [-0.1, -0.05) is 38.1 Å². The first-order valence-corrected chi connectivity index (χ1v) is 11.8. The summed E-state index contributed by atoms with van der Waals surface area (Å²) in [4.78, 5) is 3.97. The molecular formula is C27H27F2N7. The smallest absolute Gasteiger partial charge is 0.233 e. The fourth-order valence-corrected chi connectivity index (χ4v) is 3.90. The maximum atomic E-state index is 14.7. The molecule has 2 aromatic heterocycles. The number of nitriles is 1. The molecule has 0 aliphatic heterocycles. The molecule has 1 aliphatic rings. The lowest BCUT2D eigenvalue weighted by atomic mass is 9.96. The Labute approximate surface area is 209 Å². The van der Waals surface area contributed by atoms with Crippen LogP contribution in [0.3, 0.4) is 0 Å². The summed E-state index contributed by atoms with van der Waals surface area (Å²) in [5.74, 6) is -1.25. The summed E-state index contributed by atoms with van der Waals surface area (Å²) in [5, 5.41) is 25.1. The number of nitrogens with one attached hydrogen (secondary N) is 2. The number of nitrogens with zero attached hydrogens (tertiary/aromatic N) is 5. The van der Waals surface area contributed by atoms with Crippen molar-refractivity contribution < 1.29 is 10.2 Å². The van der Waals surface area contributed by atoms with Gasteiger partial charge in [-0.25, -0.2) is 14.1 Å². The molecule has 4 aromatic rings. The van der Waals surface area contributed by atoms with Crippen molar-refractivity contribution in [1.29, 1.82) is 5.26 Å². The molecule has 0 bridgehead atoms. The average molecular weight is 489 g/mol. The molecule has 0 amide bonds. The van der Waals surface area contributed by atoms with Gasteiger partial charge >= 0.3 is 0 Å². The fourth-order valence-electron chi connectivity index (χ4n) is 3.90. The summed E-state index contributed by atoms with van der Waals surface area (Å²) < 4.78 is 39.6. The highest BCUT2D eigenvalue weighted by Crippen LogP contribution is 2.36. The quantitative estimate of drug-likeness (QED) is 0.312. The predicted molar refractivity (Wildman–Crippen MR) is 135 cm³/mol. The normalized spacial score (nSPS) is 15.7. The zero-order chi connectivity index (χ0) is 26.4. The monoisotopic (exact) mass is 488 g/mol. The Hall–Kier alpha value is -4.06. The summed E-state index contributed by atoms with van der Waals surface area (Å²) in [6, 6.07) is 11.3. The second-order valence-corrected chi connectivity index (χ2v) is 10.2. The van der Waals surface area contributed by atoms with E-state index in [1.54, 1.807) is 29.1 Å². The second kappa shape index (κ2) is 9.19. The van der Waals surface area contributed by atoms with Crippen LogP contribution in [0.5, 0.6) is 0 Å². The summed E-state index contributed by atoms with van der Waals surface area (Å²) >= 11 is 0. The number of anilines is 2. The Morgan fingerprint density at radius 1 is 1.19 bits per heavy atom. The van der Waals surface area contributed by atoms with Gasteiger partial charge in [-0.05, 0) is 54.2 Å². The van der Waals surface area contributed by atoms with E-state index in [1.807, 2.05) is 26.8 Å². The number of aromatic nitrogens is 4. The molecule has 0 unspecified atom stereocenters. The average Bonchev–Trinajstić information content (AvgIpc) is 3.58. The molecule has 9 heteroatoms. The van der Waals surface area contributed by atoms with Crippen LogP contribution in [0.25, 0.3) is 10.9 Å². The molecule has 1 atom stereocenters. The Bertz CT molecular complexity index is 1500. The first-order valence-electron chi connectivity index (χ1n) is 12.3. The summed E-state index contributed by atoms with van der Waals surface area (Å²) in [6.07, 6.45) is 3.76. The lowest BCUT2D eigenvalue weighted by Crippen LogP contribution is -2.20. The van der Waals surface area contributed by atoms with E-state index in [0.717, 1.165) is 12.8 Å². The standard InChI is InChI=1S/C27H27F2N7/c1-27(2,3)15-31-25-20-12-18(8-11-22(20)33-26(29)21(25)13-30)32-24(16-4-6-17(28)7-5-16)23-14-36(35-34-23)19-9-10-19/h4-8,11-12,14,19,24,32H,9-10,15H2,1-3H3,(H,31,33)/t24-/m1/s1/i24D. The minimum Gasteiger partial charge on any atom is -0.383 e. The third-order valence-corrected chi connectivity index (χ3v) is 5.94. The van der Waals surface area contributed by atoms with Gasteiger partial charge in [0.1, 0.15) is 23.1 Å². The highest BCUT2D eigenvalue weighted by atomic mass is 19.1. The van der Waals surface area contributed by atoms with Gasteiger partial charge < -0.3 is 10.6 Å². The number of benzene rings is 2. The van der Waals surface area contributed by atoms with Gasteiger partial charge in [0.05, 0.1) is 30.8 Å². The zero-order valence-corrected chi connectivity index (χ0v) is 20.3. The van der Waals surface area contributed by atoms with E-state index in [2.05, 4.69) is 25.9 Å². The van der Waals surface area contributed by atoms with Gasteiger partial charge in [0.15, 0.2) is 0 Å². The molecule has 2 aromatic carbocycles. The highest BCUT2D eigenvalue weighted by Gasteiger charge is 2.27. The molecule has 7 nitrogen and oxygen atoms in total. The van der Waals surface area contributed by atoms with Crippen molar-refractivity contribution in [2.75, 3.05) is 17.2 Å². The number of hydrogen-bond acceptors (Lipinski definition) is 6. The van der Waals surface area contributed by atoms with Crippen molar-refractivity contribution in [2.45, 2.75) is 45.7 Å². The predicted octanol–water partition coefficient (Wildman–Crippen LogP) is 5.97. The van der Waals surface area contributed by atoms with Crippen molar-refractivity contribution in [3.8, 4) is 6.07 Å². The van der Waals surface area contributed by atoms with Crippen LogP contribution in [0.2, 0.25) is 0 Å². The number of fused-ring (bicyclic) bond motifs is 1. The van der Waals surface area contributed by atoms with Gasteiger partial charge in [0.25, 0.3) is 0 Å². The number of rotatable bonds is 7. The minimum atomic E-state index is -1.60. The topological polar surface area (TPSA) is 91.5 Å². The second-order valence-electron chi connectivity index (χ2n) is 10.2. The molecule has 2 N–H and O–H groups in total. The largest absolute Gasteiger partial charge is 0.383 e. The summed E-state index contributed by atoms with van der Waals surface area (Å²) in [7, 11) is 0. The summed E-state index contributed by atoms with van der Waals surface area (Å²) in [5.41, 5.74) is 1.77. The Kier molecular flexibility index (Phi) is 5.72. The van der Waals surface area contributed by atoms with Crippen LogP contribution >= 0.6 is 0 Å². The van der Waals surface area contributed by atoms with Crippen molar-refractivity contribution in [3.05, 3.63) is 77.2 Å². The van der Waals surface area contributed by atoms with E-state index in [-0.39, 0.29) is 17.0 Å². The first kappa shape index (κ1) is 22.4. The van der Waals surface area contributed by atoms with Gasteiger partial charge in [-0.3, -0.25) is 0 Å². The van der Waals surface area contributed by atoms with Gasteiger partial charge in [-0.15, -0.1) is 5.10 Å². The number of pyridine rings is 1. The lowest BCUT2D eigenvalue weighted by Gasteiger charge is -2.22. The molecular weight excluding hydrogens is 460 g/mol. The molecule has 1 aliphatic carbocycles. The maximum absolute atomic E-state index is 14.7. The molecule has 184 valence electrons. The molecule has 36 heavy (non-hydrogen) atoms. The van der Waals surface area contributed by atoms with Crippen LogP contribution in [-0.2, 0) is 0 Å². The van der Waals surface area contributed by atoms with Crippen LogP contribution < -0.4 is 10.6 Å². The summed E-state index contributed by atoms with van der Waals surface area (Å²) in [6.45, 7) is 6.60. The van der Waals surface area contributed by atoms with Crippen LogP contribution in [0.4, 0.5) is 20.2 Å². The Morgan fingerprint density at radius 2 is 1.94 bits per heavy atom. The SMILES string of the molecule is [2H][C@@](Nc1ccc2nc(F)c(C#N)c(NCC(C)(C)C)c2c1)(c1ccc(F)cc1)c1cn(C2CC2)nn1. The number of halogens is 2. The van der Waals surface area contributed by atoms with E-state index in [9.17, 15) is 15.4 Å². The Morgan fingerprint density at radius 3 is 2.61 bits per heavy atom. The molecule has 1 saturated carbocycles. The zero-order valence-electron chi connectivity index (χ0n) is 21.3.